The van der Waals surface area contributed by atoms with Gasteiger partial charge in [0.1, 0.15) is 0 Å². The molecule has 4 bridgehead atoms. The molecule has 4 aliphatic carbocycles. The van der Waals surface area contributed by atoms with Crippen LogP contribution in [0.2, 0.25) is 0 Å². The van der Waals surface area contributed by atoms with E-state index in [1.165, 1.54) is 32.1 Å². The number of aliphatic hydroxyl groups excluding tert-OH is 1. The van der Waals surface area contributed by atoms with Crippen molar-refractivity contribution in [2.45, 2.75) is 57.5 Å². The fourth-order valence-electron chi connectivity index (χ4n) is 6.13. The van der Waals surface area contributed by atoms with E-state index in [4.69, 9.17) is 0 Å². The Hall–Kier alpha value is -0.610. The molecule has 0 aromatic carbocycles. The van der Waals surface area contributed by atoms with Gasteiger partial charge in [0.05, 0.1) is 6.10 Å². The van der Waals surface area contributed by atoms with Crippen LogP contribution in [-0.4, -0.2) is 48.2 Å². The van der Waals surface area contributed by atoms with Crippen molar-refractivity contribution in [1.82, 2.24) is 10.2 Å². The van der Waals surface area contributed by atoms with Gasteiger partial charge < -0.3 is 15.3 Å². The quantitative estimate of drug-likeness (QED) is 0.762. The van der Waals surface area contributed by atoms with Crippen LogP contribution in [0.4, 0.5) is 0 Å². The topological polar surface area (TPSA) is 52.6 Å². The van der Waals surface area contributed by atoms with E-state index in [0.717, 1.165) is 57.3 Å². The zero-order valence-electron chi connectivity index (χ0n) is 14.3. The van der Waals surface area contributed by atoms with E-state index < -0.39 is 0 Å². The van der Waals surface area contributed by atoms with Gasteiger partial charge in [-0.05, 0) is 81.6 Å². The lowest BCUT2D eigenvalue weighted by Gasteiger charge is -2.53. The molecule has 1 heterocycles. The molecule has 5 aliphatic rings. The number of nitrogens with zero attached hydrogens (tertiary/aromatic N) is 1. The molecule has 4 nitrogen and oxygen atoms in total. The van der Waals surface area contributed by atoms with E-state index >= 15 is 0 Å². The molecule has 1 amide bonds. The highest BCUT2D eigenvalue weighted by Gasteiger charge is 2.50. The third-order valence-corrected chi connectivity index (χ3v) is 7.04. The zero-order valence-corrected chi connectivity index (χ0v) is 14.3. The summed E-state index contributed by atoms with van der Waals surface area (Å²) in [5.41, 5.74) is 0. The zero-order chi connectivity index (χ0) is 15.8. The molecule has 0 radical (unpaired) electrons. The predicted octanol–water partition coefficient (Wildman–Crippen LogP) is 2.02. The average Bonchev–Trinajstić information content (AvgIpc) is 2.52. The Bertz CT molecular complexity index is 403. The summed E-state index contributed by atoms with van der Waals surface area (Å²) in [5.74, 6) is 3.94. The van der Waals surface area contributed by atoms with Gasteiger partial charge in [-0.1, -0.05) is 0 Å². The molecule has 4 saturated carbocycles. The first-order valence-corrected chi connectivity index (χ1v) is 9.87. The minimum atomic E-state index is -0.0946. The summed E-state index contributed by atoms with van der Waals surface area (Å²) < 4.78 is 0. The lowest BCUT2D eigenvalue weighted by Crippen LogP contribution is -2.51. The van der Waals surface area contributed by atoms with Crippen molar-refractivity contribution in [2.24, 2.45) is 29.6 Å². The number of hydrogen-bond acceptors (Lipinski definition) is 3. The smallest absolute Gasteiger partial charge is 0.223 e. The number of amides is 1. The summed E-state index contributed by atoms with van der Waals surface area (Å²) >= 11 is 0. The van der Waals surface area contributed by atoms with Gasteiger partial charge in [-0.3, -0.25) is 4.79 Å². The molecule has 5 fully saturated rings. The maximum Gasteiger partial charge on any atom is 0.223 e. The number of likely N-dealkylation sites (tertiary alicyclic amines) is 1. The minimum Gasteiger partial charge on any atom is -0.393 e. The summed E-state index contributed by atoms with van der Waals surface area (Å²) in [6, 6.07) is 0. The SMILES string of the molecule is O=C(NCCCN1CCC(O)CC1)C1C2CC3CC(C2)CC1C3. The number of piperidine rings is 1. The average molecular weight is 320 g/mol. The van der Waals surface area contributed by atoms with Gasteiger partial charge in [-0.15, -0.1) is 0 Å². The third-order valence-electron chi connectivity index (χ3n) is 7.04. The summed E-state index contributed by atoms with van der Waals surface area (Å²) in [7, 11) is 0. The number of hydrogen-bond donors (Lipinski definition) is 2. The van der Waals surface area contributed by atoms with Gasteiger partial charge in [0, 0.05) is 25.6 Å². The second kappa shape index (κ2) is 6.72. The van der Waals surface area contributed by atoms with Gasteiger partial charge in [0.15, 0.2) is 0 Å². The van der Waals surface area contributed by atoms with Crippen molar-refractivity contribution in [3.63, 3.8) is 0 Å². The molecule has 0 spiro atoms. The standard InChI is InChI=1S/C19H32N2O2/c22-17-2-6-21(7-3-17)5-1-4-20-19(23)18-15-9-13-8-14(11-15)12-16(18)10-13/h13-18,22H,1-12H2,(H,20,23). The fourth-order valence-corrected chi connectivity index (χ4v) is 6.13. The Labute approximate surface area is 140 Å². The molecule has 1 saturated heterocycles. The molecular formula is C19H32N2O2. The predicted molar refractivity (Wildman–Crippen MR) is 89.8 cm³/mol. The Kier molecular flexibility index (Phi) is 4.64. The van der Waals surface area contributed by atoms with E-state index in [1.807, 2.05) is 0 Å². The number of nitrogens with one attached hydrogen (secondary N) is 1. The summed E-state index contributed by atoms with van der Waals surface area (Å²) in [4.78, 5) is 15.1. The van der Waals surface area contributed by atoms with Crippen molar-refractivity contribution in [3.8, 4) is 0 Å². The molecule has 130 valence electrons. The molecule has 2 N–H and O–H groups in total. The number of carbonyl (C=O) groups excluding carboxylic acids is 1. The van der Waals surface area contributed by atoms with E-state index in [0.29, 0.717) is 23.7 Å². The van der Waals surface area contributed by atoms with Crippen LogP contribution in [0.25, 0.3) is 0 Å². The molecule has 0 aromatic heterocycles. The van der Waals surface area contributed by atoms with Crippen LogP contribution >= 0.6 is 0 Å². The maximum absolute atomic E-state index is 12.7. The van der Waals surface area contributed by atoms with Gasteiger partial charge in [-0.25, -0.2) is 0 Å². The van der Waals surface area contributed by atoms with E-state index in [-0.39, 0.29) is 6.10 Å². The van der Waals surface area contributed by atoms with Crippen LogP contribution in [0.15, 0.2) is 0 Å². The van der Waals surface area contributed by atoms with Crippen LogP contribution in [0.1, 0.15) is 51.4 Å². The Morgan fingerprint density at radius 3 is 2.22 bits per heavy atom. The molecule has 1 aliphatic heterocycles. The first kappa shape index (κ1) is 15.9. The van der Waals surface area contributed by atoms with Crippen LogP contribution in [0.3, 0.4) is 0 Å². The molecule has 0 atom stereocenters. The third kappa shape index (κ3) is 3.43. The van der Waals surface area contributed by atoms with Crippen molar-refractivity contribution in [1.29, 1.82) is 0 Å². The summed E-state index contributed by atoms with van der Waals surface area (Å²) in [5, 5.41) is 12.8. The molecule has 0 aromatic rings. The monoisotopic (exact) mass is 320 g/mol. The van der Waals surface area contributed by atoms with Crippen LogP contribution < -0.4 is 5.32 Å². The lowest BCUT2D eigenvalue weighted by atomic mass is 9.51. The normalized spacial score (nSPS) is 40.5. The van der Waals surface area contributed by atoms with E-state index in [9.17, 15) is 9.90 Å². The Morgan fingerprint density at radius 2 is 1.61 bits per heavy atom. The van der Waals surface area contributed by atoms with Crippen LogP contribution in [0.5, 0.6) is 0 Å². The van der Waals surface area contributed by atoms with E-state index in [2.05, 4.69) is 10.2 Å². The highest BCUT2D eigenvalue weighted by molar-refractivity contribution is 5.79. The fraction of sp³-hybridized carbons (Fsp3) is 0.947. The number of aliphatic hydroxyl groups is 1. The molecular weight excluding hydrogens is 288 g/mol. The van der Waals surface area contributed by atoms with E-state index in [1.54, 1.807) is 0 Å². The van der Waals surface area contributed by atoms with Crippen molar-refractivity contribution < 1.29 is 9.90 Å². The highest BCUT2D eigenvalue weighted by atomic mass is 16.3. The van der Waals surface area contributed by atoms with Crippen LogP contribution in [0, 0.1) is 29.6 Å². The first-order valence-electron chi connectivity index (χ1n) is 9.87. The van der Waals surface area contributed by atoms with Gasteiger partial charge in [-0.2, -0.15) is 0 Å². The Balaban J connectivity index is 1.19. The van der Waals surface area contributed by atoms with Gasteiger partial charge >= 0.3 is 0 Å². The number of carbonyl (C=O) groups is 1. The Morgan fingerprint density at radius 1 is 1.00 bits per heavy atom. The first-order chi connectivity index (χ1) is 11.2. The molecule has 23 heavy (non-hydrogen) atoms. The van der Waals surface area contributed by atoms with Gasteiger partial charge in [0.2, 0.25) is 5.91 Å². The second-order valence-corrected chi connectivity index (χ2v) is 8.67. The maximum atomic E-state index is 12.7. The minimum absolute atomic E-state index is 0.0946. The van der Waals surface area contributed by atoms with Crippen LogP contribution in [-0.2, 0) is 4.79 Å². The molecule has 5 rings (SSSR count). The largest absolute Gasteiger partial charge is 0.393 e. The molecule has 4 heteroatoms. The summed E-state index contributed by atoms with van der Waals surface area (Å²) in [6.45, 7) is 3.88. The molecule has 0 unspecified atom stereocenters. The highest BCUT2D eigenvalue weighted by Crippen LogP contribution is 2.56. The summed E-state index contributed by atoms with van der Waals surface area (Å²) in [6.07, 6.45) is 9.48. The second-order valence-electron chi connectivity index (χ2n) is 8.67. The van der Waals surface area contributed by atoms with Crippen molar-refractivity contribution >= 4 is 5.91 Å². The lowest BCUT2D eigenvalue weighted by molar-refractivity contribution is -0.138. The van der Waals surface area contributed by atoms with Crippen molar-refractivity contribution in [2.75, 3.05) is 26.2 Å². The van der Waals surface area contributed by atoms with Crippen molar-refractivity contribution in [3.05, 3.63) is 0 Å². The van der Waals surface area contributed by atoms with Gasteiger partial charge in [0.25, 0.3) is 0 Å². The number of rotatable bonds is 5.